The summed E-state index contributed by atoms with van der Waals surface area (Å²) < 4.78 is 11.1. The number of carbonyl (C=O) groups excluding carboxylic acids is 2. The van der Waals surface area contributed by atoms with E-state index in [-0.39, 0.29) is 17.1 Å². The molecular formula is C14H18O4. The number of rotatable bonds is 0. The van der Waals surface area contributed by atoms with Gasteiger partial charge in [0.05, 0.1) is 5.92 Å². The van der Waals surface area contributed by atoms with E-state index in [2.05, 4.69) is 0 Å². The van der Waals surface area contributed by atoms with Crippen LogP contribution in [0.5, 0.6) is 0 Å². The third-order valence-corrected chi connectivity index (χ3v) is 4.77. The molecule has 0 saturated carbocycles. The van der Waals surface area contributed by atoms with Gasteiger partial charge in [-0.25, -0.2) is 4.79 Å². The predicted octanol–water partition coefficient (Wildman–Crippen LogP) is 1.84. The maximum absolute atomic E-state index is 12.3. The van der Waals surface area contributed by atoms with E-state index in [0.29, 0.717) is 0 Å². The Kier molecular flexibility index (Phi) is 2.14. The fourth-order valence-electron chi connectivity index (χ4n) is 3.59. The van der Waals surface area contributed by atoms with Crippen molar-refractivity contribution in [1.82, 2.24) is 0 Å². The summed E-state index contributed by atoms with van der Waals surface area (Å²) in [6.45, 7) is 7.68. The smallest absolute Gasteiger partial charge is 0.341 e. The van der Waals surface area contributed by atoms with Crippen molar-refractivity contribution in [1.29, 1.82) is 0 Å². The van der Waals surface area contributed by atoms with Crippen LogP contribution in [-0.4, -0.2) is 23.6 Å². The number of esters is 1. The van der Waals surface area contributed by atoms with Crippen molar-refractivity contribution in [2.75, 3.05) is 0 Å². The molecule has 2 heterocycles. The van der Waals surface area contributed by atoms with Crippen molar-refractivity contribution in [2.45, 2.75) is 46.0 Å². The molecule has 0 aromatic rings. The number of carbonyl (C=O) groups is 2. The second-order valence-corrected chi connectivity index (χ2v) is 6.46. The molecule has 1 aliphatic carbocycles. The van der Waals surface area contributed by atoms with Crippen molar-refractivity contribution < 1.29 is 19.1 Å². The molecule has 2 aliphatic heterocycles. The third-order valence-electron chi connectivity index (χ3n) is 4.77. The van der Waals surface area contributed by atoms with E-state index < -0.39 is 23.8 Å². The van der Waals surface area contributed by atoms with E-state index in [1.54, 1.807) is 13.0 Å². The van der Waals surface area contributed by atoms with Crippen LogP contribution in [0.4, 0.5) is 0 Å². The summed E-state index contributed by atoms with van der Waals surface area (Å²) in [6.07, 6.45) is 1.95. The largest absolute Gasteiger partial charge is 0.433 e. The van der Waals surface area contributed by atoms with Gasteiger partial charge in [-0.05, 0) is 32.3 Å². The van der Waals surface area contributed by atoms with Gasteiger partial charge in [0.1, 0.15) is 0 Å². The fraction of sp³-hybridized carbons (Fsp3) is 0.714. The van der Waals surface area contributed by atoms with Crippen LogP contribution in [0, 0.1) is 17.3 Å². The molecule has 0 amide bonds. The summed E-state index contributed by atoms with van der Waals surface area (Å²) in [5, 5.41) is 0. The second-order valence-electron chi connectivity index (χ2n) is 6.46. The minimum atomic E-state index is -1.10. The van der Waals surface area contributed by atoms with Gasteiger partial charge in [-0.2, -0.15) is 0 Å². The summed E-state index contributed by atoms with van der Waals surface area (Å²) >= 11 is 0. The first kappa shape index (κ1) is 11.9. The van der Waals surface area contributed by atoms with Gasteiger partial charge in [-0.1, -0.05) is 19.4 Å². The van der Waals surface area contributed by atoms with Crippen LogP contribution in [0.3, 0.4) is 0 Å². The molecule has 0 radical (unpaired) electrons. The average molecular weight is 250 g/mol. The van der Waals surface area contributed by atoms with Gasteiger partial charge in [0, 0.05) is 5.41 Å². The van der Waals surface area contributed by atoms with Gasteiger partial charge in [-0.15, -0.1) is 0 Å². The maximum atomic E-state index is 12.3. The number of hydrogen-bond acceptors (Lipinski definition) is 4. The Balaban J connectivity index is 2.15. The van der Waals surface area contributed by atoms with Gasteiger partial charge in [0.25, 0.3) is 0 Å². The summed E-state index contributed by atoms with van der Waals surface area (Å²) in [5.74, 6) is -0.710. The van der Waals surface area contributed by atoms with E-state index in [9.17, 15) is 9.59 Å². The molecule has 2 fully saturated rings. The molecular weight excluding hydrogens is 232 g/mol. The standard InChI is InChI=1S/C14H18O4/c1-7-5-8-10(9(15)6-7)14(4)11(16)17-12(18-14)13(8,2)3/h6,8,10,12H,5H2,1-4H3/t8?,10?,12-,14+/m1/s1. The highest BCUT2D eigenvalue weighted by atomic mass is 16.8. The number of ketones is 1. The Morgan fingerprint density at radius 2 is 1.94 bits per heavy atom. The zero-order valence-electron chi connectivity index (χ0n) is 11.1. The maximum Gasteiger partial charge on any atom is 0.341 e. The summed E-state index contributed by atoms with van der Waals surface area (Å²) in [6, 6.07) is 0. The molecule has 4 nitrogen and oxygen atoms in total. The molecule has 0 spiro atoms. The van der Waals surface area contributed by atoms with Crippen LogP contribution in [0.25, 0.3) is 0 Å². The van der Waals surface area contributed by atoms with E-state index in [1.165, 1.54) is 0 Å². The number of hydrogen-bond donors (Lipinski definition) is 0. The predicted molar refractivity (Wildman–Crippen MR) is 63.5 cm³/mol. The molecule has 4 heteroatoms. The molecule has 3 aliphatic rings. The third kappa shape index (κ3) is 1.24. The van der Waals surface area contributed by atoms with Gasteiger partial charge in [-0.3, -0.25) is 4.79 Å². The van der Waals surface area contributed by atoms with Crippen LogP contribution in [-0.2, 0) is 19.1 Å². The summed E-state index contributed by atoms with van der Waals surface area (Å²) in [5.41, 5.74) is -0.354. The van der Waals surface area contributed by atoms with Gasteiger partial charge in [0.15, 0.2) is 11.4 Å². The highest BCUT2D eigenvalue weighted by Crippen LogP contribution is 2.56. The van der Waals surface area contributed by atoms with Crippen LogP contribution in [0.2, 0.25) is 0 Å². The van der Waals surface area contributed by atoms with E-state index >= 15 is 0 Å². The number of fused-ring (bicyclic) bond motifs is 4. The monoisotopic (exact) mass is 250 g/mol. The van der Waals surface area contributed by atoms with E-state index in [0.717, 1.165) is 12.0 Å². The van der Waals surface area contributed by atoms with Crippen molar-refractivity contribution in [3.8, 4) is 0 Å². The Morgan fingerprint density at radius 1 is 1.28 bits per heavy atom. The van der Waals surface area contributed by atoms with Crippen molar-refractivity contribution in [2.24, 2.45) is 17.3 Å². The first-order chi connectivity index (χ1) is 8.26. The Labute approximate surface area is 106 Å². The van der Waals surface area contributed by atoms with Gasteiger partial charge in [0.2, 0.25) is 6.29 Å². The van der Waals surface area contributed by atoms with E-state index in [4.69, 9.17) is 9.47 Å². The lowest BCUT2D eigenvalue weighted by Crippen LogP contribution is -2.58. The van der Waals surface area contributed by atoms with Crippen LogP contribution in [0.15, 0.2) is 11.6 Å². The molecule has 18 heavy (non-hydrogen) atoms. The lowest BCUT2D eigenvalue weighted by atomic mass is 9.59. The number of ether oxygens (including phenoxy) is 2. The topological polar surface area (TPSA) is 52.6 Å². The Morgan fingerprint density at radius 3 is 2.61 bits per heavy atom. The molecule has 0 aromatic heterocycles. The lowest BCUT2D eigenvalue weighted by molar-refractivity contribution is -0.226. The average Bonchev–Trinajstić information content (AvgIpc) is 2.52. The quantitative estimate of drug-likeness (QED) is 0.615. The minimum absolute atomic E-state index is 0.00312. The summed E-state index contributed by atoms with van der Waals surface area (Å²) in [7, 11) is 0. The molecule has 2 bridgehead atoms. The van der Waals surface area contributed by atoms with Crippen molar-refractivity contribution in [3.05, 3.63) is 11.6 Å². The first-order valence-corrected chi connectivity index (χ1v) is 6.37. The molecule has 3 rings (SSSR count). The molecule has 98 valence electrons. The molecule has 0 aromatic carbocycles. The highest BCUT2D eigenvalue weighted by Gasteiger charge is 2.67. The van der Waals surface area contributed by atoms with Crippen LogP contribution < -0.4 is 0 Å². The summed E-state index contributed by atoms with van der Waals surface area (Å²) in [4.78, 5) is 24.3. The molecule has 4 atom stereocenters. The van der Waals surface area contributed by atoms with Crippen molar-refractivity contribution in [3.63, 3.8) is 0 Å². The molecule has 2 saturated heterocycles. The van der Waals surface area contributed by atoms with Crippen LogP contribution >= 0.6 is 0 Å². The fourth-order valence-corrected chi connectivity index (χ4v) is 3.59. The Hall–Kier alpha value is -1.16. The minimum Gasteiger partial charge on any atom is -0.433 e. The van der Waals surface area contributed by atoms with E-state index in [1.807, 2.05) is 20.8 Å². The van der Waals surface area contributed by atoms with Crippen molar-refractivity contribution >= 4 is 11.8 Å². The SMILES string of the molecule is CC1=CC(=O)C2C(C1)C(C)(C)[C@@H]1OC(=O)[C@@]2(C)O1. The highest BCUT2D eigenvalue weighted by molar-refractivity contribution is 5.99. The second kappa shape index (κ2) is 3.23. The molecule has 2 unspecified atom stereocenters. The lowest BCUT2D eigenvalue weighted by Gasteiger charge is -2.49. The van der Waals surface area contributed by atoms with Gasteiger partial charge < -0.3 is 9.47 Å². The number of allylic oxidation sites excluding steroid dienone is 2. The Bertz CT molecular complexity index is 476. The first-order valence-electron chi connectivity index (χ1n) is 6.37. The molecule has 0 N–H and O–H groups in total. The van der Waals surface area contributed by atoms with Crippen LogP contribution in [0.1, 0.15) is 34.1 Å². The zero-order chi connectivity index (χ0) is 13.3. The van der Waals surface area contributed by atoms with Gasteiger partial charge >= 0.3 is 5.97 Å². The normalized spacial score (nSPS) is 45.3. The zero-order valence-corrected chi connectivity index (χ0v) is 11.1.